The second-order valence-corrected chi connectivity index (χ2v) is 7.24. The lowest BCUT2D eigenvalue weighted by atomic mass is 10.1. The van der Waals surface area contributed by atoms with Crippen LogP contribution in [0.25, 0.3) is 11.0 Å². The number of nitrogens with one attached hydrogen (secondary N) is 3. The van der Waals surface area contributed by atoms with E-state index in [0.717, 1.165) is 23.9 Å². The van der Waals surface area contributed by atoms with E-state index in [-0.39, 0.29) is 19.1 Å². The fraction of sp³-hybridized carbons (Fsp3) is 0.222. The second-order valence-electron chi connectivity index (χ2n) is 6.38. The third-order valence-corrected chi connectivity index (χ3v) is 4.80. The van der Waals surface area contributed by atoms with E-state index >= 15 is 0 Å². The average molecular weight is 461 g/mol. The van der Waals surface area contributed by atoms with E-state index in [1.807, 2.05) is 6.92 Å². The van der Waals surface area contributed by atoms with E-state index in [1.165, 1.54) is 19.1 Å². The number of halogens is 3. The van der Waals surface area contributed by atoms with Crippen molar-refractivity contribution in [3.63, 3.8) is 0 Å². The van der Waals surface area contributed by atoms with E-state index in [2.05, 4.69) is 15.4 Å². The normalized spacial score (nSPS) is 11.3. The Morgan fingerprint density at radius 3 is 2.17 bits per heavy atom. The molecular formula is C18H19F3N4O3S2. The van der Waals surface area contributed by atoms with Crippen LogP contribution in [0.2, 0.25) is 0 Å². The maximum Gasteiger partial charge on any atom is 0.416 e. The maximum atomic E-state index is 12.8. The van der Waals surface area contributed by atoms with Gasteiger partial charge in [-0.05, 0) is 55.3 Å². The number of nitrogens with zero attached hydrogens (tertiary/aromatic N) is 1. The van der Waals surface area contributed by atoms with Gasteiger partial charge in [-0.15, -0.1) is 0 Å². The summed E-state index contributed by atoms with van der Waals surface area (Å²) < 4.78 is 45.4. The molecule has 162 valence electrons. The first-order valence-corrected chi connectivity index (χ1v) is 9.04. The summed E-state index contributed by atoms with van der Waals surface area (Å²) in [5.74, 6) is 0. The maximum absolute atomic E-state index is 12.8. The number of fused-ring (bicyclic) bond motifs is 1. The lowest BCUT2D eigenvalue weighted by Crippen LogP contribution is -2.29. The van der Waals surface area contributed by atoms with Crippen LogP contribution in [0, 0.1) is 13.8 Å². The molecule has 30 heavy (non-hydrogen) atoms. The fourth-order valence-electron chi connectivity index (χ4n) is 2.81. The van der Waals surface area contributed by atoms with Gasteiger partial charge in [0.25, 0.3) is 0 Å². The van der Waals surface area contributed by atoms with Gasteiger partial charge in [0.1, 0.15) is 12.2 Å². The van der Waals surface area contributed by atoms with Gasteiger partial charge in [-0.3, -0.25) is 19.4 Å². The molecule has 3 rings (SSSR count). The Morgan fingerprint density at radius 1 is 1.00 bits per heavy atom. The fourth-order valence-corrected chi connectivity index (χ4v) is 3.33. The molecular weight excluding hydrogens is 441 g/mol. The van der Waals surface area contributed by atoms with Crippen LogP contribution in [-0.2, 0) is 10.5 Å². The summed E-state index contributed by atoms with van der Waals surface area (Å²) in [6, 6.07) is 7.00. The van der Waals surface area contributed by atoms with Crippen molar-refractivity contribution in [3.8, 4) is 0 Å². The smallest absolute Gasteiger partial charge is 0.316 e. The Balaban J connectivity index is 0.00000320. The van der Waals surface area contributed by atoms with E-state index in [1.54, 1.807) is 23.5 Å². The molecule has 1 aromatic heterocycles. The average Bonchev–Trinajstić information content (AvgIpc) is 2.61. The molecule has 12 heteroatoms. The number of anilines is 2. The number of aryl methyl sites for hydroxylation is 2. The van der Waals surface area contributed by atoms with Gasteiger partial charge >= 0.3 is 17.3 Å². The Bertz CT molecular complexity index is 1180. The molecule has 0 aliphatic rings. The quantitative estimate of drug-likeness (QED) is 0.231. The van der Waals surface area contributed by atoms with Crippen molar-refractivity contribution >= 4 is 48.1 Å². The lowest BCUT2D eigenvalue weighted by molar-refractivity contribution is -0.138. The molecule has 0 radical (unpaired) electrons. The van der Waals surface area contributed by atoms with E-state index < -0.39 is 22.9 Å². The summed E-state index contributed by atoms with van der Waals surface area (Å²) in [6.07, 6.45) is -4.41. The minimum Gasteiger partial charge on any atom is -0.316 e. The van der Waals surface area contributed by atoms with Crippen LogP contribution in [0.4, 0.5) is 24.5 Å². The SMILES string of the molecule is Cc1cc2[nH]c(=O)c(=O)[nH]c2cc1N(C)SONc1ccc(C(F)(F)F)c(C)c1.S. The summed E-state index contributed by atoms with van der Waals surface area (Å²) in [6.45, 7) is 3.19. The molecule has 0 saturated heterocycles. The first kappa shape index (κ1) is 23.7. The molecule has 0 amide bonds. The number of benzene rings is 2. The van der Waals surface area contributed by atoms with Crippen molar-refractivity contribution in [2.24, 2.45) is 0 Å². The molecule has 3 N–H and O–H groups in total. The zero-order valence-corrected chi connectivity index (χ0v) is 17.9. The first-order valence-electron chi connectivity index (χ1n) is 8.34. The molecule has 3 aromatic rings. The molecule has 0 bridgehead atoms. The van der Waals surface area contributed by atoms with Crippen molar-refractivity contribution in [1.29, 1.82) is 0 Å². The predicted molar refractivity (Wildman–Crippen MR) is 117 cm³/mol. The molecule has 0 fully saturated rings. The molecule has 0 aliphatic carbocycles. The molecule has 7 nitrogen and oxygen atoms in total. The van der Waals surface area contributed by atoms with Crippen LogP contribution in [0.1, 0.15) is 16.7 Å². The summed E-state index contributed by atoms with van der Waals surface area (Å²) in [4.78, 5) is 28.0. The Morgan fingerprint density at radius 2 is 1.60 bits per heavy atom. The molecule has 0 saturated carbocycles. The predicted octanol–water partition coefficient (Wildman–Crippen LogP) is 4.01. The largest absolute Gasteiger partial charge is 0.416 e. The standard InChI is InChI=1S/C18H17F3N4O3S.H2S/c1-9-6-11(4-5-12(9)18(19,20)21)24-28-29-25(3)15-8-14-13(7-10(15)2)22-16(26)17(27)23-14;/h4-8,24H,1-3H3,(H,22,26)(H,23,27);1H2. The van der Waals surface area contributed by atoms with Crippen LogP contribution in [0.3, 0.4) is 0 Å². The van der Waals surface area contributed by atoms with Gasteiger partial charge in [0, 0.05) is 7.05 Å². The Hall–Kier alpha value is -2.57. The zero-order chi connectivity index (χ0) is 21.3. The highest BCUT2D eigenvalue weighted by molar-refractivity contribution is 7.96. The van der Waals surface area contributed by atoms with Gasteiger partial charge in [-0.1, -0.05) is 0 Å². The number of aromatic amines is 2. The van der Waals surface area contributed by atoms with Gasteiger partial charge in [-0.2, -0.15) is 31.0 Å². The Kier molecular flexibility index (Phi) is 7.16. The van der Waals surface area contributed by atoms with Crippen molar-refractivity contribution in [2.75, 3.05) is 16.8 Å². The number of H-pyrrole nitrogens is 2. The van der Waals surface area contributed by atoms with Gasteiger partial charge in [0.15, 0.2) is 0 Å². The molecule has 2 aromatic carbocycles. The first-order chi connectivity index (χ1) is 13.6. The highest BCUT2D eigenvalue weighted by Gasteiger charge is 2.32. The zero-order valence-electron chi connectivity index (χ0n) is 16.1. The summed E-state index contributed by atoms with van der Waals surface area (Å²) in [5.41, 5.74) is 3.31. The summed E-state index contributed by atoms with van der Waals surface area (Å²) in [7, 11) is 1.71. The highest BCUT2D eigenvalue weighted by Crippen LogP contribution is 2.33. The topological polar surface area (TPSA) is 90.2 Å². The molecule has 0 spiro atoms. The minimum atomic E-state index is -4.41. The second kappa shape index (κ2) is 9.06. The van der Waals surface area contributed by atoms with Crippen molar-refractivity contribution in [1.82, 2.24) is 9.97 Å². The Labute approximate surface area is 180 Å². The molecule has 0 atom stereocenters. The van der Waals surface area contributed by atoms with E-state index in [4.69, 9.17) is 4.28 Å². The molecule has 0 aliphatic heterocycles. The van der Waals surface area contributed by atoms with Crippen LogP contribution in [0.15, 0.2) is 39.9 Å². The monoisotopic (exact) mass is 460 g/mol. The summed E-state index contributed by atoms with van der Waals surface area (Å²) >= 11 is 0.906. The van der Waals surface area contributed by atoms with Crippen LogP contribution < -0.4 is 20.9 Å². The minimum absolute atomic E-state index is 0. The third kappa shape index (κ3) is 5.12. The van der Waals surface area contributed by atoms with Crippen LogP contribution in [0.5, 0.6) is 0 Å². The van der Waals surface area contributed by atoms with Gasteiger partial charge < -0.3 is 9.97 Å². The van der Waals surface area contributed by atoms with Crippen molar-refractivity contribution in [2.45, 2.75) is 20.0 Å². The van der Waals surface area contributed by atoms with Gasteiger partial charge in [-0.25, -0.2) is 0 Å². The molecule has 1 heterocycles. The van der Waals surface area contributed by atoms with Gasteiger partial charge in [0.05, 0.1) is 28.0 Å². The van der Waals surface area contributed by atoms with Crippen molar-refractivity contribution in [3.05, 3.63) is 67.7 Å². The number of hydrogen-bond donors (Lipinski definition) is 3. The highest BCUT2D eigenvalue weighted by atomic mass is 32.2. The number of rotatable bonds is 5. The van der Waals surface area contributed by atoms with Gasteiger partial charge in [0.2, 0.25) is 0 Å². The van der Waals surface area contributed by atoms with Crippen LogP contribution in [-0.4, -0.2) is 17.0 Å². The van der Waals surface area contributed by atoms with Crippen molar-refractivity contribution < 1.29 is 17.5 Å². The van der Waals surface area contributed by atoms with Crippen LogP contribution >= 0.6 is 25.7 Å². The lowest BCUT2D eigenvalue weighted by Gasteiger charge is -2.20. The third-order valence-electron chi connectivity index (χ3n) is 4.22. The number of aromatic nitrogens is 2. The summed E-state index contributed by atoms with van der Waals surface area (Å²) in [5, 5.41) is 0. The van der Waals surface area contributed by atoms with E-state index in [0.29, 0.717) is 22.4 Å². The number of alkyl halides is 3. The van der Waals surface area contributed by atoms with E-state index in [9.17, 15) is 22.8 Å². The number of hydrogen-bond acceptors (Lipinski definition) is 6. The molecule has 0 unspecified atom stereocenters.